The number of nitrogens with zero attached hydrogens (tertiary/aromatic N) is 1. The third-order valence-electron chi connectivity index (χ3n) is 2.96. The summed E-state index contributed by atoms with van der Waals surface area (Å²) < 4.78 is 5.97. The van der Waals surface area contributed by atoms with Crippen LogP contribution in [-0.2, 0) is 13.0 Å². The molecule has 0 unspecified atom stereocenters. The summed E-state index contributed by atoms with van der Waals surface area (Å²) in [7, 11) is 0. The molecule has 0 saturated heterocycles. The molecule has 1 aromatic carbocycles. The van der Waals surface area contributed by atoms with Gasteiger partial charge in [0.25, 0.3) is 0 Å². The second kappa shape index (κ2) is 6.90. The topological polar surface area (TPSA) is 34.2 Å². The molecule has 0 aliphatic rings. The van der Waals surface area contributed by atoms with Crippen molar-refractivity contribution >= 4 is 0 Å². The van der Waals surface area contributed by atoms with E-state index in [0.29, 0.717) is 0 Å². The Morgan fingerprint density at radius 3 is 2.89 bits per heavy atom. The normalized spacial score (nSPS) is 10.4. The first-order valence-electron chi connectivity index (χ1n) is 6.74. The number of aryl methyl sites for hydroxylation is 1. The number of hydrogen-bond donors (Lipinski definition) is 1. The summed E-state index contributed by atoms with van der Waals surface area (Å²) in [5, 5.41) is 3.29. The summed E-state index contributed by atoms with van der Waals surface area (Å²) in [5.74, 6) is 1.74. The van der Waals surface area contributed by atoms with E-state index in [1.54, 1.807) is 6.20 Å². The van der Waals surface area contributed by atoms with Gasteiger partial charge in [0.2, 0.25) is 0 Å². The standard InChI is InChI=1S/C16H20N2O/c1-3-13-6-5-7-15(10-13)19-16-8-9-18-12-14(16)11-17-4-2/h5-10,12,17H,3-4,11H2,1-2H3. The van der Waals surface area contributed by atoms with Crippen LogP contribution >= 0.6 is 0 Å². The maximum atomic E-state index is 5.97. The van der Waals surface area contributed by atoms with Gasteiger partial charge in [-0.25, -0.2) is 0 Å². The van der Waals surface area contributed by atoms with Gasteiger partial charge in [-0.15, -0.1) is 0 Å². The average molecular weight is 256 g/mol. The molecule has 2 rings (SSSR count). The summed E-state index contributed by atoms with van der Waals surface area (Å²) in [6.45, 7) is 5.93. The SMILES string of the molecule is CCNCc1cnccc1Oc1cccc(CC)c1. The highest BCUT2D eigenvalue weighted by Crippen LogP contribution is 2.25. The van der Waals surface area contributed by atoms with Gasteiger partial charge in [0.15, 0.2) is 0 Å². The molecule has 0 aliphatic heterocycles. The van der Waals surface area contributed by atoms with Crippen molar-refractivity contribution in [3.8, 4) is 11.5 Å². The molecule has 0 saturated carbocycles. The van der Waals surface area contributed by atoms with Crippen molar-refractivity contribution in [1.82, 2.24) is 10.3 Å². The molecule has 0 fully saturated rings. The molecule has 0 aliphatic carbocycles. The van der Waals surface area contributed by atoms with E-state index < -0.39 is 0 Å². The monoisotopic (exact) mass is 256 g/mol. The Kier molecular flexibility index (Phi) is 4.93. The Bertz CT molecular complexity index is 526. The zero-order chi connectivity index (χ0) is 13.5. The molecule has 0 amide bonds. The molecule has 3 heteroatoms. The van der Waals surface area contributed by atoms with E-state index in [-0.39, 0.29) is 0 Å². The number of pyridine rings is 1. The van der Waals surface area contributed by atoms with E-state index in [1.165, 1.54) is 5.56 Å². The summed E-state index contributed by atoms with van der Waals surface area (Å²) in [6.07, 6.45) is 4.62. The minimum Gasteiger partial charge on any atom is -0.457 e. The van der Waals surface area contributed by atoms with Gasteiger partial charge in [-0.2, -0.15) is 0 Å². The lowest BCUT2D eigenvalue weighted by atomic mass is 10.1. The molecular formula is C16H20N2O. The minimum absolute atomic E-state index is 0.771. The number of hydrogen-bond acceptors (Lipinski definition) is 3. The molecular weight excluding hydrogens is 236 g/mol. The van der Waals surface area contributed by atoms with Crippen LogP contribution in [0.4, 0.5) is 0 Å². The smallest absolute Gasteiger partial charge is 0.134 e. The van der Waals surface area contributed by atoms with Crippen LogP contribution in [0.25, 0.3) is 0 Å². The van der Waals surface area contributed by atoms with Crippen LogP contribution in [0, 0.1) is 0 Å². The predicted molar refractivity (Wildman–Crippen MR) is 77.5 cm³/mol. The fraction of sp³-hybridized carbons (Fsp3) is 0.312. The van der Waals surface area contributed by atoms with Crippen molar-refractivity contribution in [2.45, 2.75) is 26.8 Å². The van der Waals surface area contributed by atoms with Crippen molar-refractivity contribution in [1.29, 1.82) is 0 Å². The number of ether oxygens (including phenoxy) is 1. The van der Waals surface area contributed by atoms with Gasteiger partial charge in [-0.3, -0.25) is 4.98 Å². The summed E-state index contributed by atoms with van der Waals surface area (Å²) in [5.41, 5.74) is 2.35. The quantitative estimate of drug-likeness (QED) is 0.858. The van der Waals surface area contributed by atoms with Gasteiger partial charge in [-0.05, 0) is 36.7 Å². The average Bonchev–Trinajstić information content (AvgIpc) is 2.46. The van der Waals surface area contributed by atoms with E-state index in [2.05, 4.69) is 36.3 Å². The summed E-state index contributed by atoms with van der Waals surface area (Å²) in [4.78, 5) is 4.15. The predicted octanol–water partition coefficient (Wildman–Crippen LogP) is 3.55. The molecule has 0 bridgehead atoms. The lowest BCUT2D eigenvalue weighted by molar-refractivity contribution is 0.471. The van der Waals surface area contributed by atoms with E-state index >= 15 is 0 Å². The van der Waals surface area contributed by atoms with E-state index in [9.17, 15) is 0 Å². The van der Waals surface area contributed by atoms with E-state index in [0.717, 1.165) is 36.6 Å². The Hall–Kier alpha value is -1.87. The third-order valence-corrected chi connectivity index (χ3v) is 2.96. The first-order chi connectivity index (χ1) is 9.33. The van der Waals surface area contributed by atoms with Gasteiger partial charge in [-0.1, -0.05) is 26.0 Å². The van der Waals surface area contributed by atoms with Crippen LogP contribution in [0.5, 0.6) is 11.5 Å². The first-order valence-corrected chi connectivity index (χ1v) is 6.74. The lowest BCUT2D eigenvalue weighted by Crippen LogP contribution is -2.12. The highest BCUT2D eigenvalue weighted by Gasteiger charge is 2.04. The second-order valence-electron chi connectivity index (χ2n) is 4.37. The van der Waals surface area contributed by atoms with Gasteiger partial charge >= 0.3 is 0 Å². The highest BCUT2D eigenvalue weighted by molar-refractivity contribution is 5.37. The van der Waals surface area contributed by atoms with Gasteiger partial charge in [0.1, 0.15) is 11.5 Å². The molecule has 19 heavy (non-hydrogen) atoms. The second-order valence-corrected chi connectivity index (χ2v) is 4.37. The van der Waals surface area contributed by atoms with Gasteiger partial charge < -0.3 is 10.1 Å². The highest BCUT2D eigenvalue weighted by atomic mass is 16.5. The van der Waals surface area contributed by atoms with E-state index in [4.69, 9.17) is 4.74 Å². The van der Waals surface area contributed by atoms with Crippen LogP contribution in [0.2, 0.25) is 0 Å². The molecule has 3 nitrogen and oxygen atoms in total. The fourth-order valence-corrected chi connectivity index (χ4v) is 1.86. The maximum absolute atomic E-state index is 5.97. The molecule has 0 atom stereocenters. The zero-order valence-corrected chi connectivity index (χ0v) is 11.5. The lowest BCUT2D eigenvalue weighted by Gasteiger charge is -2.11. The van der Waals surface area contributed by atoms with Crippen LogP contribution in [0.15, 0.2) is 42.7 Å². The minimum atomic E-state index is 0.771. The van der Waals surface area contributed by atoms with Crippen LogP contribution in [0.3, 0.4) is 0 Å². The Balaban J connectivity index is 2.17. The zero-order valence-electron chi connectivity index (χ0n) is 11.5. The van der Waals surface area contributed by atoms with Crippen molar-refractivity contribution in [3.63, 3.8) is 0 Å². The Labute approximate surface area is 114 Å². The summed E-state index contributed by atoms with van der Waals surface area (Å²) >= 11 is 0. The third kappa shape index (κ3) is 3.80. The molecule has 0 spiro atoms. The van der Waals surface area contributed by atoms with Crippen LogP contribution < -0.4 is 10.1 Å². The van der Waals surface area contributed by atoms with Crippen LogP contribution in [-0.4, -0.2) is 11.5 Å². The van der Waals surface area contributed by atoms with Crippen molar-refractivity contribution in [2.24, 2.45) is 0 Å². The molecule has 0 radical (unpaired) electrons. The molecule has 1 N–H and O–H groups in total. The molecule has 100 valence electrons. The van der Waals surface area contributed by atoms with Gasteiger partial charge in [0, 0.05) is 24.5 Å². The number of nitrogens with one attached hydrogen (secondary N) is 1. The number of rotatable bonds is 6. The molecule has 1 aromatic heterocycles. The van der Waals surface area contributed by atoms with Crippen molar-refractivity contribution in [3.05, 3.63) is 53.9 Å². The molecule has 2 aromatic rings. The van der Waals surface area contributed by atoms with Crippen molar-refractivity contribution in [2.75, 3.05) is 6.54 Å². The maximum Gasteiger partial charge on any atom is 0.134 e. The molecule has 1 heterocycles. The largest absolute Gasteiger partial charge is 0.457 e. The number of benzene rings is 1. The fourth-order valence-electron chi connectivity index (χ4n) is 1.86. The Morgan fingerprint density at radius 1 is 1.21 bits per heavy atom. The number of aromatic nitrogens is 1. The first kappa shape index (κ1) is 13.6. The van der Waals surface area contributed by atoms with Gasteiger partial charge in [0.05, 0.1) is 0 Å². The van der Waals surface area contributed by atoms with Crippen LogP contribution in [0.1, 0.15) is 25.0 Å². The Morgan fingerprint density at radius 2 is 2.11 bits per heavy atom. The van der Waals surface area contributed by atoms with Crippen molar-refractivity contribution < 1.29 is 4.74 Å². The summed E-state index contributed by atoms with van der Waals surface area (Å²) in [6, 6.07) is 10.1. The van der Waals surface area contributed by atoms with E-state index in [1.807, 2.05) is 24.4 Å².